The third kappa shape index (κ3) is 5.46. The Balaban J connectivity index is 2.62. The van der Waals surface area contributed by atoms with Crippen LogP contribution in [0.25, 0.3) is 6.08 Å². The molecule has 1 aromatic heterocycles. The maximum Gasteiger partial charge on any atom is 0.0900 e. The van der Waals surface area contributed by atoms with Crippen molar-refractivity contribution in [2.75, 3.05) is 13.1 Å². The number of hydrogen-bond acceptors (Lipinski definition) is 3. The highest BCUT2D eigenvalue weighted by molar-refractivity contribution is 7.12. The minimum atomic E-state index is 0.581. The van der Waals surface area contributed by atoms with Crippen molar-refractivity contribution >= 4 is 17.4 Å². The van der Waals surface area contributed by atoms with Crippen LogP contribution in [0.5, 0.6) is 0 Å². The molecule has 1 N–H and O–H groups in total. The van der Waals surface area contributed by atoms with Gasteiger partial charge in [-0.1, -0.05) is 33.3 Å². The summed E-state index contributed by atoms with van der Waals surface area (Å²) in [6.07, 6.45) is 4.24. The van der Waals surface area contributed by atoms with Crippen molar-refractivity contribution in [3.63, 3.8) is 0 Å². The van der Waals surface area contributed by atoms with E-state index >= 15 is 0 Å². The van der Waals surface area contributed by atoms with Crippen LogP contribution in [0.3, 0.4) is 0 Å². The smallest absolute Gasteiger partial charge is 0.0900 e. The molecule has 1 aromatic rings. The van der Waals surface area contributed by atoms with E-state index < -0.39 is 0 Å². The second-order valence-electron chi connectivity index (χ2n) is 5.18. The zero-order valence-corrected chi connectivity index (χ0v) is 12.4. The molecule has 0 aliphatic rings. The van der Waals surface area contributed by atoms with Gasteiger partial charge in [0, 0.05) is 17.6 Å². The first-order valence-corrected chi connectivity index (χ1v) is 7.14. The van der Waals surface area contributed by atoms with Gasteiger partial charge >= 0.3 is 0 Å². The number of rotatable bonds is 6. The maximum atomic E-state index is 4.29. The van der Waals surface area contributed by atoms with Crippen molar-refractivity contribution in [1.82, 2.24) is 10.3 Å². The average molecular weight is 252 g/mol. The highest BCUT2D eigenvalue weighted by atomic mass is 32.1. The van der Waals surface area contributed by atoms with Crippen LogP contribution in [0.1, 0.15) is 37.6 Å². The van der Waals surface area contributed by atoms with Gasteiger partial charge < -0.3 is 5.32 Å². The Hall–Kier alpha value is -0.670. The lowest BCUT2D eigenvalue weighted by Crippen LogP contribution is -2.23. The zero-order chi connectivity index (χ0) is 12.8. The summed E-state index contributed by atoms with van der Waals surface area (Å²) in [5, 5.41) is 4.64. The third-order valence-corrected chi connectivity index (χ3v) is 3.45. The molecular formula is C14H24N2S. The van der Waals surface area contributed by atoms with E-state index in [1.165, 1.54) is 10.5 Å². The number of hydrogen-bond donors (Lipinski definition) is 1. The molecule has 0 saturated carbocycles. The fourth-order valence-electron chi connectivity index (χ4n) is 1.55. The molecule has 1 heterocycles. The Morgan fingerprint density at radius 3 is 2.59 bits per heavy atom. The van der Waals surface area contributed by atoms with Crippen molar-refractivity contribution in [2.24, 2.45) is 11.8 Å². The van der Waals surface area contributed by atoms with Gasteiger partial charge in [-0.3, -0.25) is 0 Å². The van der Waals surface area contributed by atoms with Crippen molar-refractivity contribution in [3.05, 3.63) is 21.7 Å². The van der Waals surface area contributed by atoms with Crippen molar-refractivity contribution in [3.8, 4) is 0 Å². The van der Waals surface area contributed by atoms with Gasteiger partial charge in [0.25, 0.3) is 0 Å². The first kappa shape index (κ1) is 14.4. The van der Waals surface area contributed by atoms with Gasteiger partial charge in [0.15, 0.2) is 0 Å². The largest absolute Gasteiger partial charge is 0.313 e. The lowest BCUT2D eigenvalue weighted by Gasteiger charge is -2.13. The zero-order valence-electron chi connectivity index (χ0n) is 11.6. The van der Waals surface area contributed by atoms with Crippen LogP contribution < -0.4 is 5.32 Å². The van der Waals surface area contributed by atoms with Crippen LogP contribution in [-0.2, 0) is 0 Å². The highest BCUT2D eigenvalue weighted by Crippen LogP contribution is 2.19. The Labute approximate surface area is 109 Å². The summed E-state index contributed by atoms with van der Waals surface area (Å²) in [4.78, 5) is 5.55. The summed E-state index contributed by atoms with van der Waals surface area (Å²) < 4.78 is 0. The van der Waals surface area contributed by atoms with Gasteiger partial charge in [0.05, 0.1) is 5.01 Å². The van der Waals surface area contributed by atoms with Crippen molar-refractivity contribution in [1.29, 1.82) is 0 Å². The van der Waals surface area contributed by atoms with Crippen LogP contribution >= 0.6 is 11.3 Å². The molecule has 0 bridgehead atoms. The van der Waals surface area contributed by atoms with Gasteiger partial charge in [-0.05, 0) is 31.4 Å². The normalized spacial score (nSPS) is 12.8. The lowest BCUT2D eigenvalue weighted by molar-refractivity contribution is 0.558. The Kier molecular flexibility index (Phi) is 5.86. The van der Waals surface area contributed by atoms with Gasteiger partial charge in [-0.25, -0.2) is 4.98 Å². The highest BCUT2D eigenvalue weighted by Gasteiger charge is 2.05. The molecule has 0 spiro atoms. The standard InChI is InChI=1S/C14H24N2S/c1-10(2)7-15-8-13(11(3)4)6-14-9-16-12(5)17-14/h6,9-11,15H,7-8H2,1-5H3. The maximum absolute atomic E-state index is 4.29. The summed E-state index contributed by atoms with van der Waals surface area (Å²) in [5.74, 6) is 1.28. The topological polar surface area (TPSA) is 24.9 Å². The number of nitrogens with one attached hydrogen (secondary N) is 1. The minimum absolute atomic E-state index is 0.581. The molecule has 0 radical (unpaired) electrons. The SMILES string of the molecule is Cc1ncc(C=C(CNCC(C)C)C(C)C)s1. The number of nitrogens with zero attached hydrogens (tertiary/aromatic N) is 1. The molecule has 0 atom stereocenters. The molecule has 0 amide bonds. The summed E-state index contributed by atoms with van der Waals surface area (Å²) >= 11 is 1.76. The molecule has 0 fully saturated rings. The predicted octanol–water partition coefficient (Wildman–Crippen LogP) is 3.74. The molecule has 0 saturated heterocycles. The van der Waals surface area contributed by atoms with E-state index in [0.29, 0.717) is 11.8 Å². The molecule has 1 rings (SSSR count). The monoisotopic (exact) mass is 252 g/mol. The van der Waals surface area contributed by atoms with E-state index in [9.17, 15) is 0 Å². The van der Waals surface area contributed by atoms with E-state index in [0.717, 1.165) is 18.1 Å². The van der Waals surface area contributed by atoms with E-state index in [1.807, 2.05) is 13.1 Å². The molecule has 2 nitrogen and oxygen atoms in total. The van der Waals surface area contributed by atoms with E-state index in [4.69, 9.17) is 0 Å². The lowest BCUT2D eigenvalue weighted by atomic mass is 10.0. The van der Waals surface area contributed by atoms with Crippen molar-refractivity contribution < 1.29 is 0 Å². The summed E-state index contributed by atoms with van der Waals surface area (Å²) in [6.45, 7) is 13.1. The van der Waals surface area contributed by atoms with Crippen LogP contribution in [0.15, 0.2) is 11.8 Å². The molecule has 0 aliphatic carbocycles. The quantitative estimate of drug-likeness (QED) is 0.834. The molecule has 0 aromatic carbocycles. The van der Waals surface area contributed by atoms with Crippen molar-refractivity contribution in [2.45, 2.75) is 34.6 Å². The molecule has 17 heavy (non-hydrogen) atoms. The van der Waals surface area contributed by atoms with Gasteiger partial charge in [0.2, 0.25) is 0 Å². The summed E-state index contributed by atoms with van der Waals surface area (Å²) in [7, 11) is 0. The van der Waals surface area contributed by atoms with Crippen LogP contribution in [0.2, 0.25) is 0 Å². The molecule has 0 unspecified atom stereocenters. The van der Waals surface area contributed by atoms with Crippen LogP contribution in [0, 0.1) is 18.8 Å². The molecule has 0 aliphatic heterocycles. The summed E-state index contributed by atoms with van der Waals surface area (Å²) in [6, 6.07) is 0. The Bertz CT molecular complexity index is 364. The van der Waals surface area contributed by atoms with E-state index in [-0.39, 0.29) is 0 Å². The fraction of sp³-hybridized carbons (Fsp3) is 0.643. The summed E-state index contributed by atoms with van der Waals surface area (Å²) in [5.41, 5.74) is 1.45. The number of aromatic nitrogens is 1. The van der Waals surface area contributed by atoms with Gasteiger partial charge in [-0.15, -0.1) is 11.3 Å². The minimum Gasteiger partial charge on any atom is -0.313 e. The van der Waals surface area contributed by atoms with Gasteiger partial charge in [-0.2, -0.15) is 0 Å². The van der Waals surface area contributed by atoms with Crippen LogP contribution in [0.4, 0.5) is 0 Å². The molecule has 96 valence electrons. The number of thiazole rings is 1. The average Bonchev–Trinajstić information content (AvgIpc) is 2.62. The third-order valence-electron chi connectivity index (χ3n) is 2.59. The van der Waals surface area contributed by atoms with E-state index in [1.54, 1.807) is 11.3 Å². The first-order chi connectivity index (χ1) is 7.99. The Morgan fingerprint density at radius 1 is 1.41 bits per heavy atom. The van der Waals surface area contributed by atoms with E-state index in [2.05, 4.69) is 44.1 Å². The second kappa shape index (κ2) is 6.92. The number of aryl methyl sites for hydroxylation is 1. The molecular weight excluding hydrogens is 228 g/mol. The second-order valence-corrected chi connectivity index (χ2v) is 6.45. The van der Waals surface area contributed by atoms with Gasteiger partial charge in [0.1, 0.15) is 0 Å². The first-order valence-electron chi connectivity index (χ1n) is 6.32. The Morgan fingerprint density at radius 2 is 2.12 bits per heavy atom. The fourth-order valence-corrected chi connectivity index (χ4v) is 2.32. The molecule has 3 heteroatoms. The van der Waals surface area contributed by atoms with Crippen LogP contribution in [-0.4, -0.2) is 18.1 Å². The predicted molar refractivity (Wildman–Crippen MR) is 77.4 cm³/mol.